The Morgan fingerprint density at radius 2 is 1.86 bits per heavy atom. The third-order valence-electron chi connectivity index (χ3n) is 4.90. The molecule has 2 N–H and O–H groups in total. The van der Waals surface area contributed by atoms with Gasteiger partial charge in [0.05, 0.1) is 12.6 Å². The maximum atomic E-state index is 12.4. The summed E-state index contributed by atoms with van der Waals surface area (Å²) >= 11 is 0. The van der Waals surface area contributed by atoms with Crippen molar-refractivity contribution in [2.24, 2.45) is 11.8 Å². The zero-order valence-electron chi connectivity index (χ0n) is 13.1. The molecule has 22 heavy (non-hydrogen) atoms. The van der Waals surface area contributed by atoms with E-state index < -0.39 is 0 Å². The van der Waals surface area contributed by atoms with Crippen LogP contribution in [0.3, 0.4) is 0 Å². The molecule has 1 aliphatic heterocycles. The average molecular weight is 302 g/mol. The minimum atomic E-state index is 0.128. The highest BCUT2D eigenvalue weighted by molar-refractivity contribution is 5.78. The van der Waals surface area contributed by atoms with Gasteiger partial charge in [-0.2, -0.15) is 0 Å². The van der Waals surface area contributed by atoms with Crippen LogP contribution in [0.4, 0.5) is 0 Å². The van der Waals surface area contributed by atoms with Crippen molar-refractivity contribution < 1.29 is 9.90 Å². The first-order chi connectivity index (χ1) is 10.8. The molecule has 1 aromatic carbocycles. The van der Waals surface area contributed by atoms with Crippen molar-refractivity contribution in [3.8, 4) is 0 Å². The molecule has 0 bridgehead atoms. The molecule has 1 atom stereocenters. The van der Waals surface area contributed by atoms with Crippen LogP contribution in [0.5, 0.6) is 0 Å². The molecule has 2 fully saturated rings. The Morgan fingerprint density at radius 3 is 2.45 bits per heavy atom. The quantitative estimate of drug-likeness (QED) is 0.844. The van der Waals surface area contributed by atoms with E-state index in [0.29, 0.717) is 18.4 Å². The fourth-order valence-electron chi connectivity index (χ4n) is 3.31. The van der Waals surface area contributed by atoms with Gasteiger partial charge < -0.3 is 10.4 Å². The molecule has 4 nitrogen and oxygen atoms in total. The summed E-state index contributed by atoms with van der Waals surface area (Å²) in [5, 5.41) is 12.4. The Bertz CT molecular complexity index is 479. The second-order valence-electron chi connectivity index (χ2n) is 6.70. The Balaban J connectivity index is 1.52. The predicted octanol–water partition coefficient (Wildman–Crippen LogP) is 1.96. The van der Waals surface area contributed by atoms with Crippen LogP contribution in [0.25, 0.3) is 0 Å². The number of aliphatic hydroxyl groups excluding tert-OH is 1. The van der Waals surface area contributed by atoms with Gasteiger partial charge in [0, 0.05) is 6.61 Å². The Kier molecular flexibility index (Phi) is 5.11. The fraction of sp³-hybridized carbons (Fsp3) is 0.611. The minimum absolute atomic E-state index is 0.128. The zero-order chi connectivity index (χ0) is 15.4. The molecule has 1 amide bonds. The third-order valence-corrected chi connectivity index (χ3v) is 4.90. The normalized spacial score (nSPS) is 21.5. The smallest absolute Gasteiger partial charge is 0.234 e. The van der Waals surface area contributed by atoms with Gasteiger partial charge in [0.25, 0.3) is 0 Å². The van der Waals surface area contributed by atoms with Gasteiger partial charge >= 0.3 is 0 Å². The molecule has 0 radical (unpaired) electrons. The van der Waals surface area contributed by atoms with Gasteiger partial charge in [-0.15, -0.1) is 0 Å². The summed E-state index contributed by atoms with van der Waals surface area (Å²) in [4.78, 5) is 14.6. The van der Waals surface area contributed by atoms with Gasteiger partial charge in [-0.05, 0) is 56.2 Å². The number of rotatable bonds is 6. The summed E-state index contributed by atoms with van der Waals surface area (Å²) < 4.78 is 0. The van der Waals surface area contributed by atoms with Crippen molar-refractivity contribution in [2.75, 3.05) is 26.2 Å². The molecule has 1 heterocycles. The molecule has 0 spiro atoms. The maximum absolute atomic E-state index is 12.4. The van der Waals surface area contributed by atoms with Crippen LogP contribution in [0.2, 0.25) is 0 Å². The number of aliphatic hydroxyl groups is 1. The van der Waals surface area contributed by atoms with Crippen molar-refractivity contribution in [3.63, 3.8) is 0 Å². The van der Waals surface area contributed by atoms with Crippen molar-refractivity contribution in [1.29, 1.82) is 0 Å². The van der Waals surface area contributed by atoms with Crippen molar-refractivity contribution in [1.82, 2.24) is 10.2 Å². The summed E-state index contributed by atoms with van der Waals surface area (Å²) in [5.41, 5.74) is 1.22. The van der Waals surface area contributed by atoms with Crippen molar-refractivity contribution >= 4 is 5.91 Å². The number of carbonyl (C=O) groups is 1. The highest BCUT2D eigenvalue weighted by Gasteiger charge is 2.33. The maximum Gasteiger partial charge on any atom is 0.234 e. The SMILES string of the molecule is O=C(CN1CCC(CO)CC1)NC(c1ccccc1)C1CC1. The first-order valence-corrected chi connectivity index (χ1v) is 8.44. The van der Waals surface area contributed by atoms with Gasteiger partial charge in [0.15, 0.2) is 0 Å². The molecular formula is C18H26N2O2. The van der Waals surface area contributed by atoms with E-state index >= 15 is 0 Å². The Hall–Kier alpha value is -1.39. The lowest BCUT2D eigenvalue weighted by Crippen LogP contribution is -2.43. The van der Waals surface area contributed by atoms with E-state index in [9.17, 15) is 9.90 Å². The van der Waals surface area contributed by atoms with E-state index in [-0.39, 0.29) is 18.6 Å². The van der Waals surface area contributed by atoms with E-state index in [1.54, 1.807) is 0 Å². The minimum Gasteiger partial charge on any atom is -0.396 e. The second-order valence-corrected chi connectivity index (χ2v) is 6.70. The van der Waals surface area contributed by atoms with Crippen LogP contribution in [-0.2, 0) is 4.79 Å². The number of benzene rings is 1. The number of hydrogen-bond acceptors (Lipinski definition) is 3. The van der Waals surface area contributed by atoms with Gasteiger partial charge in [0.1, 0.15) is 0 Å². The van der Waals surface area contributed by atoms with Crippen molar-refractivity contribution in [2.45, 2.75) is 31.7 Å². The monoisotopic (exact) mass is 302 g/mol. The Labute approximate surface area is 132 Å². The number of hydrogen-bond donors (Lipinski definition) is 2. The topological polar surface area (TPSA) is 52.6 Å². The number of likely N-dealkylation sites (tertiary alicyclic amines) is 1. The summed E-state index contributed by atoms with van der Waals surface area (Å²) in [7, 11) is 0. The van der Waals surface area contributed by atoms with Gasteiger partial charge in [-0.1, -0.05) is 30.3 Å². The fourth-order valence-corrected chi connectivity index (χ4v) is 3.31. The number of nitrogens with zero attached hydrogens (tertiary/aromatic N) is 1. The van der Waals surface area contributed by atoms with E-state index in [0.717, 1.165) is 25.9 Å². The molecule has 1 saturated heterocycles. The summed E-state index contributed by atoms with van der Waals surface area (Å²) in [6.45, 7) is 2.59. The molecule has 2 aliphatic rings. The van der Waals surface area contributed by atoms with Crippen molar-refractivity contribution in [3.05, 3.63) is 35.9 Å². The first kappa shape index (κ1) is 15.5. The van der Waals surface area contributed by atoms with E-state index in [4.69, 9.17) is 0 Å². The molecule has 3 rings (SSSR count). The molecule has 1 aliphatic carbocycles. The zero-order valence-corrected chi connectivity index (χ0v) is 13.1. The summed E-state index contributed by atoms with van der Waals surface area (Å²) in [6, 6.07) is 10.5. The summed E-state index contributed by atoms with van der Waals surface area (Å²) in [6.07, 6.45) is 4.41. The summed E-state index contributed by atoms with van der Waals surface area (Å²) in [5.74, 6) is 1.15. The number of piperidine rings is 1. The lowest BCUT2D eigenvalue weighted by atomic mass is 9.98. The second kappa shape index (κ2) is 7.25. The largest absolute Gasteiger partial charge is 0.396 e. The average Bonchev–Trinajstić information content (AvgIpc) is 3.39. The molecule has 1 unspecified atom stereocenters. The van der Waals surface area contributed by atoms with Gasteiger partial charge in [-0.3, -0.25) is 9.69 Å². The Morgan fingerprint density at radius 1 is 1.18 bits per heavy atom. The highest BCUT2D eigenvalue weighted by atomic mass is 16.3. The first-order valence-electron chi connectivity index (χ1n) is 8.44. The third kappa shape index (κ3) is 4.08. The van der Waals surface area contributed by atoms with Crippen LogP contribution in [-0.4, -0.2) is 42.2 Å². The molecule has 0 aromatic heterocycles. The molecular weight excluding hydrogens is 276 g/mol. The van der Waals surface area contributed by atoms with E-state index in [1.165, 1.54) is 18.4 Å². The van der Waals surface area contributed by atoms with Crippen LogP contribution in [0.1, 0.15) is 37.3 Å². The number of carbonyl (C=O) groups excluding carboxylic acids is 1. The lowest BCUT2D eigenvalue weighted by Gasteiger charge is -2.31. The van der Waals surface area contributed by atoms with Crippen LogP contribution >= 0.6 is 0 Å². The highest BCUT2D eigenvalue weighted by Crippen LogP contribution is 2.40. The number of nitrogens with one attached hydrogen (secondary N) is 1. The van der Waals surface area contributed by atoms with Crippen LogP contribution < -0.4 is 5.32 Å². The molecule has 120 valence electrons. The molecule has 1 aromatic rings. The van der Waals surface area contributed by atoms with E-state index in [1.807, 2.05) is 18.2 Å². The van der Waals surface area contributed by atoms with Gasteiger partial charge in [-0.25, -0.2) is 0 Å². The number of amides is 1. The molecule has 1 saturated carbocycles. The predicted molar refractivity (Wildman–Crippen MR) is 86.3 cm³/mol. The van der Waals surface area contributed by atoms with E-state index in [2.05, 4.69) is 22.3 Å². The van der Waals surface area contributed by atoms with Crippen LogP contribution in [0, 0.1) is 11.8 Å². The van der Waals surface area contributed by atoms with Crippen LogP contribution in [0.15, 0.2) is 30.3 Å². The lowest BCUT2D eigenvalue weighted by molar-refractivity contribution is -0.123. The molecule has 4 heteroatoms. The van der Waals surface area contributed by atoms with Gasteiger partial charge in [0.2, 0.25) is 5.91 Å². The standard InChI is InChI=1S/C18H26N2O2/c21-13-14-8-10-20(11-9-14)12-17(22)19-18(16-6-7-16)15-4-2-1-3-5-15/h1-5,14,16,18,21H,6-13H2,(H,19,22).